The minimum atomic E-state index is -0.381. The predicted molar refractivity (Wildman–Crippen MR) is 123 cm³/mol. The Morgan fingerprint density at radius 3 is 2.94 bits per heavy atom. The number of carbonyl (C=O) groups excluding carboxylic acids is 2. The summed E-state index contributed by atoms with van der Waals surface area (Å²) < 4.78 is 10.7. The Morgan fingerprint density at radius 1 is 1.33 bits per heavy atom. The zero-order valence-corrected chi connectivity index (χ0v) is 18.9. The summed E-state index contributed by atoms with van der Waals surface area (Å²) >= 11 is 0. The molecule has 1 fully saturated rings. The van der Waals surface area contributed by atoms with Crippen LogP contribution in [0.25, 0.3) is 11.4 Å². The summed E-state index contributed by atoms with van der Waals surface area (Å²) in [4.78, 5) is 41.6. The highest BCUT2D eigenvalue weighted by molar-refractivity contribution is 5.78. The van der Waals surface area contributed by atoms with Gasteiger partial charge in [0.1, 0.15) is 11.4 Å². The zero-order chi connectivity index (χ0) is 23.6. The summed E-state index contributed by atoms with van der Waals surface area (Å²) in [6.45, 7) is 7.22. The Labute approximate surface area is 192 Å². The quantitative estimate of drug-likeness (QED) is 0.333. The lowest BCUT2D eigenvalue weighted by Crippen LogP contribution is -2.43. The number of ether oxygens (including phenoxy) is 2. The molecule has 1 atom stereocenters. The minimum Gasteiger partial charge on any atom is -0.493 e. The molecule has 33 heavy (non-hydrogen) atoms. The molecule has 1 amide bonds. The van der Waals surface area contributed by atoms with Crippen LogP contribution in [0.5, 0.6) is 5.75 Å². The maximum absolute atomic E-state index is 12.6. The van der Waals surface area contributed by atoms with E-state index in [0.717, 1.165) is 19.3 Å². The summed E-state index contributed by atoms with van der Waals surface area (Å²) in [5.41, 5.74) is 0.495. The van der Waals surface area contributed by atoms with Crippen LogP contribution in [0.1, 0.15) is 38.3 Å². The number of piperidine rings is 1. The fourth-order valence-corrected chi connectivity index (χ4v) is 3.69. The number of amides is 1. The number of nitrogens with one attached hydrogen (secondary N) is 1. The fraction of sp³-hybridized carbons (Fsp3) is 0.458. The first kappa shape index (κ1) is 24.2. The van der Waals surface area contributed by atoms with Crippen LogP contribution in [0.2, 0.25) is 0 Å². The van der Waals surface area contributed by atoms with E-state index in [-0.39, 0.29) is 41.9 Å². The molecule has 0 unspecified atom stereocenters. The number of nitrogens with zero attached hydrogens (tertiary/aromatic N) is 3. The van der Waals surface area contributed by atoms with Crippen molar-refractivity contribution in [3.63, 3.8) is 0 Å². The number of aromatic amines is 1. The third-order valence-electron chi connectivity index (χ3n) is 5.43. The molecule has 1 aliphatic rings. The highest BCUT2D eigenvalue weighted by atomic mass is 16.5. The molecule has 0 saturated carbocycles. The van der Waals surface area contributed by atoms with Crippen LogP contribution in [0.4, 0.5) is 0 Å². The third-order valence-corrected chi connectivity index (χ3v) is 5.43. The molecule has 0 spiro atoms. The Morgan fingerprint density at radius 2 is 2.18 bits per heavy atom. The normalized spacial score (nSPS) is 15.7. The standard InChI is InChI=1S/C24H30N4O5/c1-3-5-14-33-19-10-6-8-17(15-19)22-25-23(30)20(26-27-22)11-12-21(29)28-13-7-9-18(16-28)24(31)32-4-2/h3,6,8,10,15,18H,1,4-5,7,9,11-14,16H2,2H3,(H,25,27,30)/t18-/m1/s1. The molecule has 9 heteroatoms. The molecule has 2 heterocycles. The highest BCUT2D eigenvalue weighted by Crippen LogP contribution is 2.21. The Hall–Kier alpha value is -3.49. The van der Waals surface area contributed by atoms with E-state index >= 15 is 0 Å². The van der Waals surface area contributed by atoms with Crippen molar-refractivity contribution in [3.05, 3.63) is 53.0 Å². The Balaban J connectivity index is 1.59. The van der Waals surface area contributed by atoms with Gasteiger partial charge < -0.3 is 19.4 Å². The van der Waals surface area contributed by atoms with Gasteiger partial charge in [0.15, 0.2) is 5.82 Å². The van der Waals surface area contributed by atoms with Gasteiger partial charge >= 0.3 is 5.97 Å². The van der Waals surface area contributed by atoms with E-state index in [4.69, 9.17) is 9.47 Å². The number of H-pyrrole nitrogens is 1. The van der Waals surface area contributed by atoms with Crippen molar-refractivity contribution >= 4 is 11.9 Å². The maximum Gasteiger partial charge on any atom is 0.310 e. The summed E-state index contributed by atoms with van der Waals surface area (Å²) in [6, 6.07) is 7.22. The Bertz CT molecular complexity index is 1040. The molecular formula is C24H30N4O5. The number of hydrogen-bond acceptors (Lipinski definition) is 7. The van der Waals surface area contributed by atoms with E-state index in [1.807, 2.05) is 12.1 Å². The van der Waals surface area contributed by atoms with Gasteiger partial charge in [-0.2, -0.15) is 0 Å². The molecule has 1 saturated heterocycles. The molecule has 9 nitrogen and oxygen atoms in total. The van der Waals surface area contributed by atoms with Crippen molar-refractivity contribution in [1.82, 2.24) is 20.1 Å². The number of aryl methyl sites for hydroxylation is 1. The van der Waals surface area contributed by atoms with Crippen LogP contribution in [0.3, 0.4) is 0 Å². The largest absolute Gasteiger partial charge is 0.493 e. The Kier molecular flexibility index (Phi) is 8.74. The molecule has 176 valence electrons. The minimum absolute atomic E-state index is 0.112. The van der Waals surface area contributed by atoms with E-state index < -0.39 is 0 Å². The van der Waals surface area contributed by atoms with Crippen molar-refractivity contribution in [2.45, 2.75) is 39.0 Å². The lowest BCUT2D eigenvalue weighted by atomic mass is 9.98. The molecule has 1 aromatic heterocycles. The highest BCUT2D eigenvalue weighted by Gasteiger charge is 2.29. The molecule has 0 bridgehead atoms. The number of carbonyl (C=O) groups is 2. The molecule has 1 aromatic carbocycles. The number of rotatable bonds is 10. The smallest absolute Gasteiger partial charge is 0.310 e. The number of esters is 1. The van der Waals surface area contributed by atoms with E-state index in [2.05, 4.69) is 21.8 Å². The lowest BCUT2D eigenvalue weighted by molar-refractivity contribution is -0.151. The second kappa shape index (κ2) is 11.9. The fourth-order valence-electron chi connectivity index (χ4n) is 3.69. The third kappa shape index (κ3) is 6.74. The van der Waals surface area contributed by atoms with Gasteiger partial charge in [0.25, 0.3) is 5.56 Å². The van der Waals surface area contributed by atoms with Crippen molar-refractivity contribution < 1.29 is 19.1 Å². The topological polar surface area (TPSA) is 114 Å². The first-order valence-corrected chi connectivity index (χ1v) is 11.3. The molecule has 0 radical (unpaired) electrons. The second-order valence-electron chi connectivity index (χ2n) is 7.83. The van der Waals surface area contributed by atoms with Gasteiger partial charge in [-0.25, -0.2) is 0 Å². The molecule has 0 aliphatic carbocycles. The van der Waals surface area contributed by atoms with Gasteiger partial charge in [0, 0.05) is 31.5 Å². The number of likely N-dealkylation sites (tertiary alicyclic amines) is 1. The van der Waals surface area contributed by atoms with Crippen LogP contribution < -0.4 is 10.3 Å². The first-order chi connectivity index (χ1) is 16.0. The van der Waals surface area contributed by atoms with Crippen molar-refractivity contribution in [3.8, 4) is 17.1 Å². The second-order valence-corrected chi connectivity index (χ2v) is 7.83. The van der Waals surface area contributed by atoms with Gasteiger partial charge in [-0.3, -0.25) is 14.4 Å². The molecule has 1 N–H and O–H groups in total. The maximum atomic E-state index is 12.6. The van der Waals surface area contributed by atoms with Crippen molar-refractivity contribution in [2.24, 2.45) is 5.92 Å². The molecular weight excluding hydrogens is 424 g/mol. The first-order valence-electron chi connectivity index (χ1n) is 11.3. The van der Waals surface area contributed by atoms with Gasteiger partial charge in [0.2, 0.25) is 5.91 Å². The number of hydrogen-bond donors (Lipinski definition) is 1. The van der Waals surface area contributed by atoms with Crippen LogP contribution in [0, 0.1) is 5.92 Å². The predicted octanol–water partition coefficient (Wildman–Crippen LogP) is 2.52. The average Bonchev–Trinajstić information content (AvgIpc) is 2.83. The van der Waals surface area contributed by atoms with Gasteiger partial charge in [-0.05, 0) is 38.3 Å². The van der Waals surface area contributed by atoms with Gasteiger partial charge in [0.05, 0.1) is 19.1 Å². The van der Waals surface area contributed by atoms with Crippen LogP contribution in [0.15, 0.2) is 41.7 Å². The van der Waals surface area contributed by atoms with Crippen LogP contribution in [-0.2, 0) is 20.7 Å². The van der Waals surface area contributed by atoms with E-state index in [1.165, 1.54) is 0 Å². The summed E-state index contributed by atoms with van der Waals surface area (Å²) in [6.07, 6.45) is 4.28. The van der Waals surface area contributed by atoms with E-state index in [0.29, 0.717) is 43.4 Å². The van der Waals surface area contributed by atoms with Crippen molar-refractivity contribution in [1.29, 1.82) is 0 Å². The average molecular weight is 455 g/mol. The van der Waals surface area contributed by atoms with Gasteiger partial charge in [-0.15, -0.1) is 16.8 Å². The molecule has 2 aromatic rings. The number of benzene rings is 1. The van der Waals surface area contributed by atoms with E-state index in [9.17, 15) is 14.4 Å². The molecule has 1 aliphatic heterocycles. The van der Waals surface area contributed by atoms with Crippen molar-refractivity contribution in [2.75, 3.05) is 26.3 Å². The summed E-state index contributed by atoms with van der Waals surface area (Å²) in [7, 11) is 0. The number of aromatic nitrogens is 3. The van der Waals surface area contributed by atoms with E-state index in [1.54, 1.807) is 30.0 Å². The molecule has 3 rings (SSSR count). The SMILES string of the molecule is C=CCCOc1cccc(-c2nnc(CCC(=O)N3CCC[C@@H](C(=O)OCC)C3)c(=O)[nH]2)c1. The monoisotopic (exact) mass is 454 g/mol. The summed E-state index contributed by atoms with van der Waals surface area (Å²) in [5, 5.41) is 8.18. The van der Waals surface area contributed by atoms with Gasteiger partial charge in [-0.1, -0.05) is 18.2 Å². The van der Waals surface area contributed by atoms with Crippen LogP contribution >= 0.6 is 0 Å². The summed E-state index contributed by atoms with van der Waals surface area (Å²) in [5.74, 6) is 0.329. The zero-order valence-electron chi connectivity index (χ0n) is 18.9. The lowest BCUT2D eigenvalue weighted by Gasteiger charge is -2.31. The van der Waals surface area contributed by atoms with Crippen LogP contribution in [-0.4, -0.2) is 58.3 Å².